The molecule has 0 amide bonds. The van der Waals surface area contributed by atoms with E-state index in [1.807, 2.05) is 48.5 Å². The van der Waals surface area contributed by atoms with Gasteiger partial charge in [0.15, 0.2) is 0 Å². The van der Waals surface area contributed by atoms with Gasteiger partial charge in [0.25, 0.3) is 0 Å². The smallest absolute Gasteiger partial charge is 0.166 e. The molecule has 0 N–H and O–H groups in total. The Morgan fingerprint density at radius 3 is 1.53 bits per heavy atom. The Morgan fingerprint density at radius 1 is 0.375 bits per heavy atom. The van der Waals surface area contributed by atoms with Gasteiger partial charge in [-0.3, -0.25) is 0 Å². The van der Waals surface area contributed by atoms with Crippen LogP contribution >= 0.6 is 0 Å². The molecule has 0 atom stereocenters. The molecule has 0 aliphatic carbocycles. The number of hydrogen-bond acceptors (Lipinski definition) is 0. The molecule has 0 aliphatic rings. The van der Waals surface area contributed by atoms with Gasteiger partial charge in [0, 0.05) is 0 Å². The van der Waals surface area contributed by atoms with Crippen molar-refractivity contribution in [3.05, 3.63) is 121 Å². The van der Waals surface area contributed by atoms with E-state index in [0.29, 0.717) is 5.56 Å². The summed E-state index contributed by atoms with van der Waals surface area (Å²) in [5, 5.41) is 2.40. The number of halogens is 3. The summed E-state index contributed by atoms with van der Waals surface area (Å²) in [5.74, 6) is 0. The van der Waals surface area contributed by atoms with Crippen LogP contribution in [0.1, 0.15) is 5.56 Å². The molecule has 156 valence electrons. The highest BCUT2D eigenvalue weighted by Crippen LogP contribution is 2.33. The first-order valence-corrected chi connectivity index (χ1v) is 10.3. The Morgan fingerprint density at radius 2 is 0.875 bits per heavy atom. The van der Waals surface area contributed by atoms with E-state index in [4.69, 9.17) is 0 Å². The van der Waals surface area contributed by atoms with Crippen molar-refractivity contribution in [2.75, 3.05) is 0 Å². The predicted molar refractivity (Wildman–Crippen MR) is 125 cm³/mol. The number of fused-ring (bicyclic) bond motifs is 1. The maximum Gasteiger partial charge on any atom is 0.416 e. The fourth-order valence-corrected chi connectivity index (χ4v) is 3.98. The molecule has 0 aliphatic heterocycles. The summed E-state index contributed by atoms with van der Waals surface area (Å²) in [5.41, 5.74) is 5.01. The molecular formula is C29H19F3. The molecule has 0 heterocycles. The molecule has 5 rings (SSSR count). The van der Waals surface area contributed by atoms with Crippen LogP contribution < -0.4 is 0 Å². The third kappa shape index (κ3) is 4.02. The second kappa shape index (κ2) is 8.01. The van der Waals surface area contributed by atoms with E-state index in [0.717, 1.165) is 33.9 Å². The molecule has 5 aromatic carbocycles. The maximum absolute atomic E-state index is 13.0. The number of rotatable bonds is 3. The molecule has 0 spiro atoms. The zero-order valence-electron chi connectivity index (χ0n) is 17.1. The second-order valence-corrected chi connectivity index (χ2v) is 7.80. The zero-order valence-corrected chi connectivity index (χ0v) is 17.1. The third-order valence-corrected chi connectivity index (χ3v) is 5.69. The minimum absolute atomic E-state index is 0.552. The van der Waals surface area contributed by atoms with Crippen molar-refractivity contribution in [1.29, 1.82) is 0 Å². The quantitative estimate of drug-likeness (QED) is 0.271. The van der Waals surface area contributed by atoms with E-state index in [1.54, 1.807) is 6.07 Å². The van der Waals surface area contributed by atoms with Gasteiger partial charge in [0.1, 0.15) is 0 Å². The van der Waals surface area contributed by atoms with Crippen molar-refractivity contribution in [2.45, 2.75) is 6.18 Å². The Balaban J connectivity index is 1.46. The van der Waals surface area contributed by atoms with E-state index >= 15 is 0 Å². The van der Waals surface area contributed by atoms with Crippen LogP contribution in [0.4, 0.5) is 13.2 Å². The van der Waals surface area contributed by atoms with Gasteiger partial charge in [-0.05, 0) is 68.4 Å². The van der Waals surface area contributed by atoms with Gasteiger partial charge in [0.2, 0.25) is 0 Å². The molecule has 0 unspecified atom stereocenters. The van der Waals surface area contributed by atoms with Crippen LogP contribution in [-0.4, -0.2) is 0 Å². The largest absolute Gasteiger partial charge is 0.416 e. The van der Waals surface area contributed by atoms with E-state index in [9.17, 15) is 13.2 Å². The number of alkyl halides is 3. The highest BCUT2D eigenvalue weighted by atomic mass is 19.4. The molecule has 0 aromatic heterocycles. The Bertz CT molecular complexity index is 1400. The fourth-order valence-electron chi connectivity index (χ4n) is 3.98. The van der Waals surface area contributed by atoms with Crippen molar-refractivity contribution in [3.63, 3.8) is 0 Å². The van der Waals surface area contributed by atoms with E-state index in [-0.39, 0.29) is 0 Å². The first-order chi connectivity index (χ1) is 15.5. The van der Waals surface area contributed by atoms with E-state index in [1.165, 1.54) is 22.9 Å². The van der Waals surface area contributed by atoms with Crippen LogP contribution in [-0.2, 0) is 6.18 Å². The van der Waals surface area contributed by atoms with Crippen LogP contribution in [0.15, 0.2) is 115 Å². The van der Waals surface area contributed by atoms with Crippen LogP contribution in [0.2, 0.25) is 0 Å². The van der Waals surface area contributed by atoms with Gasteiger partial charge < -0.3 is 0 Å². The molecule has 3 heteroatoms. The van der Waals surface area contributed by atoms with Crippen LogP contribution in [0, 0.1) is 0 Å². The van der Waals surface area contributed by atoms with Crippen molar-refractivity contribution in [1.82, 2.24) is 0 Å². The lowest BCUT2D eigenvalue weighted by atomic mass is 9.96. The highest BCUT2D eigenvalue weighted by Gasteiger charge is 2.30. The summed E-state index contributed by atoms with van der Waals surface area (Å²) in [6.07, 6.45) is -4.35. The topological polar surface area (TPSA) is 0 Å². The van der Waals surface area contributed by atoms with E-state index < -0.39 is 11.7 Å². The molecule has 0 fully saturated rings. The summed E-state index contributed by atoms with van der Waals surface area (Å²) in [6.45, 7) is 0. The van der Waals surface area contributed by atoms with Crippen molar-refractivity contribution < 1.29 is 13.2 Å². The number of hydrogen-bond donors (Lipinski definition) is 0. The molecule has 0 saturated carbocycles. The van der Waals surface area contributed by atoms with Crippen LogP contribution in [0.25, 0.3) is 44.2 Å². The maximum atomic E-state index is 13.0. The lowest BCUT2D eigenvalue weighted by Crippen LogP contribution is -2.04. The Kier molecular flexibility index (Phi) is 5.02. The minimum atomic E-state index is -4.35. The van der Waals surface area contributed by atoms with Gasteiger partial charge >= 0.3 is 6.18 Å². The van der Waals surface area contributed by atoms with Crippen molar-refractivity contribution in [2.24, 2.45) is 0 Å². The van der Waals surface area contributed by atoms with E-state index in [2.05, 4.69) is 42.5 Å². The summed E-state index contributed by atoms with van der Waals surface area (Å²) >= 11 is 0. The third-order valence-electron chi connectivity index (χ3n) is 5.69. The molecule has 0 radical (unpaired) electrons. The summed E-state index contributed by atoms with van der Waals surface area (Å²) in [7, 11) is 0. The minimum Gasteiger partial charge on any atom is -0.166 e. The fraction of sp³-hybridized carbons (Fsp3) is 0.0345. The van der Waals surface area contributed by atoms with Gasteiger partial charge in [-0.15, -0.1) is 0 Å². The summed E-state index contributed by atoms with van der Waals surface area (Å²) in [4.78, 5) is 0. The molecule has 0 nitrogen and oxygen atoms in total. The highest BCUT2D eigenvalue weighted by molar-refractivity contribution is 5.88. The van der Waals surface area contributed by atoms with Crippen LogP contribution in [0.5, 0.6) is 0 Å². The van der Waals surface area contributed by atoms with Crippen molar-refractivity contribution >= 4 is 10.8 Å². The molecule has 5 aromatic rings. The SMILES string of the molecule is FC(F)(F)c1cccc(-c2ccc(-c3cccc(-c4ccc5ccccc5c4)c3)cc2)c1. The second-order valence-electron chi connectivity index (χ2n) is 7.80. The molecule has 32 heavy (non-hydrogen) atoms. The van der Waals surface area contributed by atoms with Gasteiger partial charge in [-0.2, -0.15) is 13.2 Å². The Hall–Kier alpha value is -3.85. The van der Waals surface area contributed by atoms with Crippen molar-refractivity contribution in [3.8, 4) is 33.4 Å². The number of benzene rings is 5. The lowest BCUT2D eigenvalue weighted by molar-refractivity contribution is -0.137. The van der Waals surface area contributed by atoms with Crippen LogP contribution in [0.3, 0.4) is 0 Å². The zero-order chi connectivity index (χ0) is 22.1. The first-order valence-electron chi connectivity index (χ1n) is 10.3. The normalized spacial score (nSPS) is 11.6. The van der Waals surface area contributed by atoms with Gasteiger partial charge in [0.05, 0.1) is 5.56 Å². The molecule has 0 bridgehead atoms. The lowest BCUT2D eigenvalue weighted by Gasteiger charge is -2.10. The molecule has 0 saturated heterocycles. The Labute approximate surface area is 184 Å². The average Bonchev–Trinajstić information content (AvgIpc) is 2.83. The standard InChI is InChI=1S/C29H19F3/c30-29(31,32)28-10-4-9-26(19-28)22-13-11-21(12-14-22)24-7-3-8-25(17-24)27-16-15-20-5-1-2-6-23(20)18-27/h1-19H. The van der Waals surface area contributed by atoms with Gasteiger partial charge in [-0.1, -0.05) is 91.0 Å². The predicted octanol–water partition coefficient (Wildman–Crippen LogP) is 8.86. The first kappa shape index (κ1) is 20.1. The summed E-state index contributed by atoms with van der Waals surface area (Å²) in [6, 6.07) is 36.1. The summed E-state index contributed by atoms with van der Waals surface area (Å²) < 4.78 is 39.1. The molecular weight excluding hydrogens is 405 g/mol. The monoisotopic (exact) mass is 424 g/mol. The van der Waals surface area contributed by atoms with Gasteiger partial charge in [-0.25, -0.2) is 0 Å². The average molecular weight is 424 g/mol.